The third-order valence-electron chi connectivity index (χ3n) is 1.71. The Hall–Kier alpha value is -1.90. The Morgan fingerprint density at radius 2 is 2.07 bits per heavy atom. The van der Waals surface area contributed by atoms with Gasteiger partial charge in [-0.2, -0.15) is 0 Å². The number of ether oxygens (including phenoxy) is 1. The SMILES string of the molecule is [c]1ccc(COc2cnccn2)cc1. The van der Waals surface area contributed by atoms with Crippen LogP contribution in [-0.2, 0) is 6.61 Å². The molecule has 0 aliphatic carbocycles. The second kappa shape index (κ2) is 4.37. The van der Waals surface area contributed by atoms with Gasteiger partial charge in [-0.1, -0.05) is 24.3 Å². The van der Waals surface area contributed by atoms with Gasteiger partial charge in [0.05, 0.1) is 6.20 Å². The summed E-state index contributed by atoms with van der Waals surface area (Å²) in [4.78, 5) is 7.90. The Balaban J connectivity index is 1.96. The molecule has 0 unspecified atom stereocenters. The molecule has 0 aliphatic rings. The topological polar surface area (TPSA) is 35.0 Å². The third kappa shape index (κ3) is 2.29. The average molecular weight is 185 g/mol. The van der Waals surface area contributed by atoms with Crippen LogP contribution in [-0.4, -0.2) is 9.97 Å². The van der Waals surface area contributed by atoms with Crippen LogP contribution in [0.15, 0.2) is 42.9 Å². The lowest BCUT2D eigenvalue weighted by molar-refractivity contribution is 0.292. The van der Waals surface area contributed by atoms with Gasteiger partial charge in [-0.3, -0.25) is 4.98 Å². The lowest BCUT2D eigenvalue weighted by Crippen LogP contribution is -1.96. The van der Waals surface area contributed by atoms with Crippen molar-refractivity contribution in [2.75, 3.05) is 0 Å². The summed E-state index contributed by atoms with van der Waals surface area (Å²) in [5.74, 6) is 0.542. The summed E-state index contributed by atoms with van der Waals surface area (Å²) in [5.41, 5.74) is 1.09. The highest BCUT2D eigenvalue weighted by atomic mass is 16.5. The summed E-state index contributed by atoms with van der Waals surface area (Å²) < 4.78 is 5.40. The highest BCUT2D eigenvalue weighted by molar-refractivity contribution is 5.13. The van der Waals surface area contributed by atoms with Crippen LogP contribution in [0.3, 0.4) is 0 Å². The van der Waals surface area contributed by atoms with Crippen molar-refractivity contribution in [3.8, 4) is 5.88 Å². The molecule has 0 atom stereocenters. The van der Waals surface area contributed by atoms with Crippen molar-refractivity contribution < 1.29 is 4.74 Å². The predicted molar refractivity (Wildman–Crippen MR) is 51.6 cm³/mol. The molecule has 0 N–H and O–H groups in total. The lowest BCUT2D eigenvalue weighted by atomic mass is 10.2. The molecule has 0 aliphatic heterocycles. The highest BCUT2D eigenvalue weighted by Gasteiger charge is 1.94. The molecule has 1 heterocycles. The van der Waals surface area contributed by atoms with Crippen molar-refractivity contribution in [2.45, 2.75) is 6.61 Å². The van der Waals surface area contributed by atoms with E-state index < -0.39 is 0 Å². The van der Waals surface area contributed by atoms with Gasteiger partial charge in [0.1, 0.15) is 6.61 Å². The molecule has 0 saturated heterocycles. The van der Waals surface area contributed by atoms with Crippen molar-refractivity contribution in [3.63, 3.8) is 0 Å². The van der Waals surface area contributed by atoms with E-state index in [0.29, 0.717) is 12.5 Å². The van der Waals surface area contributed by atoms with Crippen LogP contribution in [0.2, 0.25) is 0 Å². The molecule has 0 amide bonds. The van der Waals surface area contributed by atoms with Gasteiger partial charge in [0, 0.05) is 12.4 Å². The van der Waals surface area contributed by atoms with Crippen molar-refractivity contribution in [3.05, 3.63) is 54.5 Å². The Morgan fingerprint density at radius 1 is 1.21 bits per heavy atom. The van der Waals surface area contributed by atoms with Crippen molar-refractivity contribution >= 4 is 0 Å². The van der Waals surface area contributed by atoms with E-state index in [2.05, 4.69) is 16.0 Å². The molecule has 2 rings (SSSR count). The number of nitrogens with zero attached hydrogens (tertiary/aromatic N) is 2. The molecule has 2 aromatic rings. The summed E-state index contributed by atoms with van der Waals surface area (Å²) in [6.07, 6.45) is 4.81. The predicted octanol–water partition coefficient (Wildman–Crippen LogP) is 1.86. The van der Waals surface area contributed by atoms with Gasteiger partial charge >= 0.3 is 0 Å². The number of rotatable bonds is 3. The molecule has 3 heteroatoms. The fourth-order valence-electron chi connectivity index (χ4n) is 1.03. The van der Waals surface area contributed by atoms with E-state index in [-0.39, 0.29) is 0 Å². The molecule has 1 aromatic heterocycles. The van der Waals surface area contributed by atoms with Gasteiger partial charge in [0.25, 0.3) is 0 Å². The van der Waals surface area contributed by atoms with Gasteiger partial charge in [-0.05, 0) is 11.6 Å². The van der Waals surface area contributed by atoms with E-state index in [1.54, 1.807) is 18.6 Å². The quantitative estimate of drug-likeness (QED) is 0.732. The first kappa shape index (κ1) is 8.69. The minimum Gasteiger partial charge on any atom is -0.472 e. The number of hydrogen-bond donors (Lipinski definition) is 0. The third-order valence-corrected chi connectivity index (χ3v) is 1.71. The summed E-state index contributed by atoms with van der Waals surface area (Å²) in [7, 11) is 0. The maximum absolute atomic E-state index is 5.40. The monoisotopic (exact) mass is 185 g/mol. The second-order valence-corrected chi connectivity index (χ2v) is 2.74. The van der Waals surface area contributed by atoms with Crippen molar-refractivity contribution in [1.82, 2.24) is 9.97 Å². The zero-order chi connectivity index (χ0) is 9.64. The van der Waals surface area contributed by atoms with Gasteiger partial charge in [0.15, 0.2) is 0 Å². The minimum absolute atomic E-state index is 0.507. The number of aromatic nitrogens is 2. The molecule has 1 radical (unpaired) electrons. The van der Waals surface area contributed by atoms with Gasteiger partial charge in [-0.15, -0.1) is 0 Å². The van der Waals surface area contributed by atoms with Crippen LogP contribution in [0.4, 0.5) is 0 Å². The standard InChI is InChI=1S/C11H9N2O/c1-2-4-10(5-3-1)9-14-11-8-12-6-7-13-11/h2-8H,9H2. The number of hydrogen-bond acceptors (Lipinski definition) is 3. The zero-order valence-corrected chi connectivity index (χ0v) is 7.55. The van der Waals surface area contributed by atoms with Crippen LogP contribution >= 0.6 is 0 Å². The number of benzene rings is 1. The zero-order valence-electron chi connectivity index (χ0n) is 7.55. The van der Waals surface area contributed by atoms with E-state index in [9.17, 15) is 0 Å². The Morgan fingerprint density at radius 3 is 2.79 bits per heavy atom. The first-order valence-corrected chi connectivity index (χ1v) is 4.29. The first-order valence-electron chi connectivity index (χ1n) is 4.29. The van der Waals surface area contributed by atoms with Crippen molar-refractivity contribution in [2.24, 2.45) is 0 Å². The smallest absolute Gasteiger partial charge is 0.232 e. The molecular formula is C11H9N2O. The van der Waals surface area contributed by atoms with Crippen LogP contribution in [0, 0.1) is 6.07 Å². The largest absolute Gasteiger partial charge is 0.472 e. The van der Waals surface area contributed by atoms with E-state index in [1.807, 2.05) is 24.3 Å². The van der Waals surface area contributed by atoms with Crippen molar-refractivity contribution in [1.29, 1.82) is 0 Å². The Bertz CT molecular complexity index is 336. The fourth-order valence-corrected chi connectivity index (χ4v) is 1.03. The van der Waals surface area contributed by atoms with Gasteiger partial charge in [-0.25, -0.2) is 4.98 Å². The lowest BCUT2D eigenvalue weighted by Gasteiger charge is -2.03. The van der Waals surface area contributed by atoms with Gasteiger partial charge < -0.3 is 4.74 Å². The molecular weight excluding hydrogens is 176 g/mol. The van der Waals surface area contributed by atoms with Crippen LogP contribution in [0.5, 0.6) is 5.88 Å². The normalized spacial score (nSPS) is 9.71. The molecule has 69 valence electrons. The first-order chi connectivity index (χ1) is 6.95. The maximum atomic E-state index is 5.40. The molecule has 0 fully saturated rings. The summed E-state index contributed by atoms with van der Waals surface area (Å²) in [6, 6.07) is 10.6. The molecule has 0 spiro atoms. The van der Waals surface area contributed by atoms with E-state index in [4.69, 9.17) is 4.74 Å². The van der Waals surface area contributed by atoms with E-state index in [1.165, 1.54) is 0 Å². The minimum atomic E-state index is 0.507. The molecule has 3 nitrogen and oxygen atoms in total. The highest BCUT2D eigenvalue weighted by Crippen LogP contribution is 2.05. The molecule has 0 saturated carbocycles. The second-order valence-electron chi connectivity index (χ2n) is 2.74. The Labute approximate surface area is 82.4 Å². The summed E-state index contributed by atoms with van der Waals surface area (Å²) in [6.45, 7) is 0.507. The van der Waals surface area contributed by atoms with Crippen LogP contribution in [0.1, 0.15) is 5.56 Å². The fraction of sp³-hybridized carbons (Fsp3) is 0.0909. The average Bonchev–Trinajstić information content (AvgIpc) is 2.29. The van der Waals surface area contributed by atoms with E-state index in [0.717, 1.165) is 5.56 Å². The molecule has 14 heavy (non-hydrogen) atoms. The van der Waals surface area contributed by atoms with Crippen LogP contribution in [0.25, 0.3) is 0 Å². The molecule has 1 aromatic carbocycles. The van der Waals surface area contributed by atoms with Crippen LogP contribution < -0.4 is 4.74 Å². The maximum Gasteiger partial charge on any atom is 0.232 e. The van der Waals surface area contributed by atoms with Gasteiger partial charge in [0.2, 0.25) is 5.88 Å². The van der Waals surface area contributed by atoms with E-state index >= 15 is 0 Å². The summed E-state index contributed by atoms with van der Waals surface area (Å²) in [5, 5.41) is 0. The Kier molecular flexibility index (Phi) is 2.71. The summed E-state index contributed by atoms with van der Waals surface area (Å²) >= 11 is 0. The molecule has 0 bridgehead atoms.